The minimum Gasteiger partial charge on any atom is -0.465 e. The van der Waals surface area contributed by atoms with Crippen LogP contribution in [0.25, 0.3) is 0 Å². The number of furan rings is 1. The summed E-state index contributed by atoms with van der Waals surface area (Å²) in [5.41, 5.74) is 1.03. The molecule has 2 aromatic heterocycles. The third-order valence-electron chi connectivity index (χ3n) is 3.44. The Morgan fingerprint density at radius 2 is 1.88 bits per heavy atom. The molecule has 0 fully saturated rings. The average Bonchev–Trinajstić information content (AvgIpc) is 2.84. The number of carbonyl (C=O) groups excluding carboxylic acids is 1. The third-order valence-corrected chi connectivity index (χ3v) is 4.65. The zero-order valence-electron chi connectivity index (χ0n) is 13.5. The Balaban J connectivity index is 1.70. The van der Waals surface area contributed by atoms with Crippen molar-refractivity contribution in [1.29, 1.82) is 0 Å². The van der Waals surface area contributed by atoms with Crippen LogP contribution in [0.2, 0.25) is 5.02 Å². The molecule has 3 aromatic rings. The van der Waals surface area contributed by atoms with Crippen molar-refractivity contribution in [3.63, 3.8) is 0 Å². The van der Waals surface area contributed by atoms with Gasteiger partial charge in [0.15, 0.2) is 0 Å². The molecule has 0 saturated carbocycles. The fraction of sp³-hybridized carbons (Fsp3) is 0.111. The number of hydrogen-bond acceptors (Lipinski definition) is 4. The van der Waals surface area contributed by atoms with Crippen molar-refractivity contribution in [3.8, 4) is 11.6 Å². The highest BCUT2D eigenvalue weighted by molar-refractivity contribution is 9.10. The van der Waals surface area contributed by atoms with Crippen molar-refractivity contribution in [2.45, 2.75) is 13.8 Å². The summed E-state index contributed by atoms with van der Waals surface area (Å²) in [5, 5.41) is 3.42. The molecule has 1 amide bonds. The van der Waals surface area contributed by atoms with E-state index in [1.807, 2.05) is 0 Å². The smallest absolute Gasteiger partial charge is 0.260 e. The Kier molecular flexibility index (Phi) is 5.11. The standard InChI is InChI=1S/C18H14BrClN2O3/c1-10-16(17(19)11(2)24-10)18(23)22-13-5-8-15(21-9-13)25-14-6-3-12(20)4-7-14/h3-9H,1-2H3,(H,22,23). The number of carbonyl (C=O) groups is 1. The lowest BCUT2D eigenvalue weighted by Gasteiger charge is -2.07. The SMILES string of the molecule is Cc1oc(C)c(C(=O)Nc2ccc(Oc3ccc(Cl)cc3)nc2)c1Br. The quantitative estimate of drug-likeness (QED) is 0.582. The predicted octanol–water partition coefficient (Wildman–Crippen LogP) is 5.75. The minimum atomic E-state index is -0.269. The van der Waals surface area contributed by atoms with Crippen LogP contribution in [0.4, 0.5) is 5.69 Å². The number of aromatic nitrogens is 1. The zero-order chi connectivity index (χ0) is 18.0. The Hall–Kier alpha value is -2.31. The van der Waals surface area contributed by atoms with Crippen molar-refractivity contribution < 1.29 is 13.9 Å². The van der Waals surface area contributed by atoms with Crippen molar-refractivity contribution in [3.05, 3.63) is 69.2 Å². The second-order valence-electron chi connectivity index (χ2n) is 5.30. The highest BCUT2D eigenvalue weighted by Gasteiger charge is 2.20. The van der Waals surface area contributed by atoms with E-state index in [9.17, 15) is 4.79 Å². The van der Waals surface area contributed by atoms with E-state index in [-0.39, 0.29) is 5.91 Å². The molecule has 2 heterocycles. The van der Waals surface area contributed by atoms with Gasteiger partial charge in [0.1, 0.15) is 17.3 Å². The number of nitrogens with zero attached hydrogens (tertiary/aromatic N) is 1. The van der Waals surface area contributed by atoms with Gasteiger partial charge in [-0.2, -0.15) is 0 Å². The molecule has 1 N–H and O–H groups in total. The van der Waals surface area contributed by atoms with E-state index in [4.69, 9.17) is 20.8 Å². The van der Waals surface area contributed by atoms with Gasteiger partial charge >= 0.3 is 0 Å². The van der Waals surface area contributed by atoms with Crippen LogP contribution < -0.4 is 10.1 Å². The number of hydrogen-bond donors (Lipinski definition) is 1. The molecule has 0 aliphatic carbocycles. The topological polar surface area (TPSA) is 64.4 Å². The molecule has 1 aromatic carbocycles. The van der Waals surface area contributed by atoms with E-state index in [1.54, 1.807) is 50.2 Å². The summed E-state index contributed by atoms with van der Waals surface area (Å²) >= 11 is 9.21. The molecule has 0 atom stereocenters. The summed E-state index contributed by atoms with van der Waals surface area (Å²) in [4.78, 5) is 16.6. The first-order valence-electron chi connectivity index (χ1n) is 7.40. The van der Waals surface area contributed by atoms with Crippen LogP contribution in [-0.4, -0.2) is 10.9 Å². The molecule has 0 spiro atoms. The average molecular weight is 422 g/mol. The van der Waals surface area contributed by atoms with Gasteiger partial charge < -0.3 is 14.5 Å². The number of pyridine rings is 1. The fourth-order valence-electron chi connectivity index (χ4n) is 2.25. The second-order valence-corrected chi connectivity index (χ2v) is 6.53. The van der Waals surface area contributed by atoms with Crippen LogP contribution in [0.15, 0.2) is 51.5 Å². The fourth-order valence-corrected chi connectivity index (χ4v) is 2.91. The van der Waals surface area contributed by atoms with Gasteiger partial charge in [0, 0.05) is 11.1 Å². The third kappa shape index (κ3) is 4.03. The lowest BCUT2D eigenvalue weighted by Crippen LogP contribution is -2.13. The molecular formula is C18H14BrClN2O3. The molecular weight excluding hydrogens is 408 g/mol. The molecule has 0 radical (unpaired) electrons. The van der Waals surface area contributed by atoms with Gasteiger partial charge in [-0.3, -0.25) is 4.79 Å². The summed E-state index contributed by atoms with van der Waals surface area (Å²) in [6.45, 7) is 3.53. The maximum Gasteiger partial charge on any atom is 0.260 e. The highest BCUT2D eigenvalue weighted by Crippen LogP contribution is 2.28. The van der Waals surface area contributed by atoms with Crippen LogP contribution in [0.5, 0.6) is 11.6 Å². The number of benzene rings is 1. The Bertz CT molecular complexity index is 905. The molecule has 0 aliphatic heterocycles. The summed E-state index contributed by atoms with van der Waals surface area (Å²) in [6, 6.07) is 10.4. The number of rotatable bonds is 4. The van der Waals surface area contributed by atoms with Gasteiger partial charge in [-0.1, -0.05) is 11.6 Å². The molecule has 0 bridgehead atoms. The summed E-state index contributed by atoms with van der Waals surface area (Å²) in [5.74, 6) is 1.98. The van der Waals surface area contributed by atoms with Crippen LogP contribution in [0.3, 0.4) is 0 Å². The van der Waals surface area contributed by atoms with Crippen LogP contribution >= 0.6 is 27.5 Å². The van der Waals surface area contributed by atoms with Crippen molar-refractivity contribution in [2.24, 2.45) is 0 Å². The van der Waals surface area contributed by atoms with Crippen molar-refractivity contribution in [1.82, 2.24) is 4.98 Å². The Morgan fingerprint density at radius 3 is 2.44 bits per heavy atom. The number of amides is 1. The van der Waals surface area contributed by atoms with Gasteiger partial charge in [-0.05, 0) is 60.1 Å². The highest BCUT2D eigenvalue weighted by atomic mass is 79.9. The summed E-state index contributed by atoms with van der Waals surface area (Å²) in [6.07, 6.45) is 1.53. The van der Waals surface area contributed by atoms with E-state index < -0.39 is 0 Å². The lowest BCUT2D eigenvalue weighted by atomic mass is 10.2. The lowest BCUT2D eigenvalue weighted by molar-refractivity contribution is 0.102. The van der Waals surface area contributed by atoms with E-state index in [1.165, 1.54) is 6.20 Å². The maximum atomic E-state index is 12.4. The normalized spacial score (nSPS) is 10.6. The van der Waals surface area contributed by atoms with Gasteiger partial charge in [-0.15, -0.1) is 0 Å². The van der Waals surface area contributed by atoms with Crippen molar-refractivity contribution in [2.75, 3.05) is 5.32 Å². The van der Waals surface area contributed by atoms with E-state index in [0.717, 1.165) is 0 Å². The number of aryl methyl sites for hydroxylation is 2. The molecule has 0 saturated heterocycles. The first-order valence-corrected chi connectivity index (χ1v) is 8.57. The molecule has 0 unspecified atom stereocenters. The summed E-state index contributed by atoms with van der Waals surface area (Å²) in [7, 11) is 0. The Labute approximate surface area is 158 Å². The number of anilines is 1. The Morgan fingerprint density at radius 1 is 1.16 bits per heavy atom. The van der Waals surface area contributed by atoms with Gasteiger partial charge in [-0.25, -0.2) is 4.98 Å². The molecule has 3 rings (SSSR count). The monoisotopic (exact) mass is 420 g/mol. The van der Waals surface area contributed by atoms with Crippen LogP contribution in [0.1, 0.15) is 21.9 Å². The molecule has 0 aliphatic rings. The van der Waals surface area contributed by atoms with Gasteiger partial charge in [0.25, 0.3) is 5.91 Å². The van der Waals surface area contributed by atoms with Crippen LogP contribution in [0, 0.1) is 13.8 Å². The molecule has 128 valence electrons. The molecule has 7 heteroatoms. The first-order chi connectivity index (χ1) is 11.9. The van der Waals surface area contributed by atoms with E-state index in [0.29, 0.717) is 43.9 Å². The van der Waals surface area contributed by atoms with Gasteiger partial charge in [0.05, 0.1) is 21.9 Å². The maximum absolute atomic E-state index is 12.4. The van der Waals surface area contributed by atoms with E-state index in [2.05, 4.69) is 26.2 Å². The minimum absolute atomic E-state index is 0.269. The van der Waals surface area contributed by atoms with Gasteiger partial charge in [0.2, 0.25) is 5.88 Å². The molecule has 5 nitrogen and oxygen atoms in total. The largest absolute Gasteiger partial charge is 0.465 e. The first kappa shape index (κ1) is 17.5. The predicted molar refractivity (Wildman–Crippen MR) is 99.6 cm³/mol. The number of halogens is 2. The van der Waals surface area contributed by atoms with E-state index >= 15 is 0 Å². The summed E-state index contributed by atoms with van der Waals surface area (Å²) < 4.78 is 11.7. The zero-order valence-corrected chi connectivity index (χ0v) is 15.8. The second kappa shape index (κ2) is 7.29. The number of nitrogens with one attached hydrogen (secondary N) is 1. The number of ether oxygens (including phenoxy) is 1. The van der Waals surface area contributed by atoms with Crippen molar-refractivity contribution >= 4 is 39.1 Å². The molecule has 25 heavy (non-hydrogen) atoms. The van der Waals surface area contributed by atoms with Crippen LogP contribution in [-0.2, 0) is 0 Å².